The second kappa shape index (κ2) is 9.37. The fraction of sp³-hybridized carbons (Fsp3) is 0.593. The molecule has 1 saturated carbocycles. The van der Waals surface area contributed by atoms with Gasteiger partial charge in [-0.1, -0.05) is 0 Å². The lowest BCUT2D eigenvalue weighted by atomic mass is 9.87. The number of benzene rings is 1. The van der Waals surface area contributed by atoms with E-state index in [4.69, 9.17) is 10.8 Å². The van der Waals surface area contributed by atoms with Crippen molar-refractivity contribution in [2.45, 2.75) is 77.1 Å². The third-order valence-electron chi connectivity index (χ3n) is 8.06. The van der Waals surface area contributed by atoms with Gasteiger partial charge in [0.15, 0.2) is 0 Å². The number of aromatic nitrogens is 2. The molecule has 1 unspecified atom stereocenters. The number of nitrogens with two attached hydrogens (primary N) is 1. The van der Waals surface area contributed by atoms with Gasteiger partial charge in [-0.2, -0.15) is 9.40 Å². The number of nitrogens with zero attached hydrogens (tertiary/aromatic N) is 4. The molecule has 1 atom stereocenters. The molecule has 1 saturated heterocycles. The average molecular weight is 543 g/mol. The molecule has 1 aromatic heterocycles. The molecule has 1 aliphatic carbocycles. The standard InChI is InChI=1S/C27H38N6O4S/c1-16(2)38(36,37)31-11-10-19(15-31)29-22-12-20(8-9-21(22)25(28)34)33-23-13-27(4,5)32(14-18-6-7-18)26(35)24(23)17(3)30-33/h8-9,12,16,18-19,29H,6-7,10-11,13-15H2,1-5H3,(H2,28,34). The summed E-state index contributed by atoms with van der Waals surface area (Å²) >= 11 is 0. The highest BCUT2D eigenvalue weighted by Gasteiger charge is 2.44. The van der Waals surface area contributed by atoms with E-state index in [9.17, 15) is 18.0 Å². The number of sulfonamides is 1. The van der Waals surface area contributed by atoms with Crippen LogP contribution in [-0.4, -0.2) is 75.7 Å². The van der Waals surface area contributed by atoms with Gasteiger partial charge in [-0.25, -0.2) is 13.1 Å². The molecule has 3 aliphatic rings. The number of fused-ring (bicyclic) bond motifs is 1. The quantitative estimate of drug-likeness (QED) is 0.527. The largest absolute Gasteiger partial charge is 0.380 e. The van der Waals surface area contributed by atoms with Crippen LogP contribution in [0.1, 0.15) is 79.1 Å². The molecular weight excluding hydrogens is 504 g/mol. The van der Waals surface area contributed by atoms with Gasteiger partial charge in [-0.15, -0.1) is 0 Å². The van der Waals surface area contributed by atoms with Crippen molar-refractivity contribution in [3.63, 3.8) is 0 Å². The van der Waals surface area contributed by atoms with Crippen molar-refractivity contribution in [1.82, 2.24) is 19.0 Å². The summed E-state index contributed by atoms with van der Waals surface area (Å²) < 4.78 is 28.6. The van der Waals surface area contributed by atoms with Gasteiger partial charge in [0.1, 0.15) is 0 Å². The van der Waals surface area contributed by atoms with Gasteiger partial charge in [0, 0.05) is 43.3 Å². The van der Waals surface area contributed by atoms with Crippen LogP contribution >= 0.6 is 0 Å². The Morgan fingerprint density at radius 2 is 1.95 bits per heavy atom. The number of rotatable bonds is 8. The average Bonchev–Trinajstić information content (AvgIpc) is 3.43. The van der Waals surface area contributed by atoms with Crippen molar-refractivity contribution in [3.8, 4) is 5.69 Å². The summed E-state index contributed by atoms with van der Waals surface area (Å²) in [7, 11) is -3.36. The second-order valence-corrected chi connectivity index (χ2v) is 14.3. The van der Waals surface area contributed by atoms with Gasteiger partial charge in [-0.3, -0.25) is 9.59 Å². The first-order valence-corrected chi connectivity index (χ1v) is 14.9. The molecule has 1 aromatic carbocycles. The summed E-state index contributed by atoms with van der Waals surface area (Å²) in [5, 5.41) is 7.63. The molecular formula is C27H38N6O4S. The van der Waals surface area contributed by atoms with Crippen molar-refractivity contribution in [3.05, 3.63) is 40.7 Å². The molecule has 2 amide bonds. The zero-order valence-electron chi connectivity index (χ0n) is 22.8. The van der Waals surface area contributed by atoms with Crippen LogP contribution in [0.5, 0.6) is 0 Å². The Morgan fingerprint density at radius 1 is 1.24 bits per heavy atom. The number of anilines is 1. The Hall–Kier alpha value is -2.92. The third kappa shape index (κ3) is 4.70. The molecule has 5 rings (SSSR count). The van der Waals surface area contributed by atoms with E-state index in [2.05, 4.69) is 19.2 Å². The molecule has 3 N–H and O–H groups in total. The number of hydrogen-bond acceptors (Lipinski definition) is 6. The molecule has 2 aromatic rings. The number of carbonyl (C=O) groups is 2. The van der Waals surface area contributed by atoms with E-state index < -0.39 is 21.2 Å². The predicted octanol–water partition coefficient (Wildman–Crippen LogP) is 2.69. The van der Waals surface area contributed by atoms with Crippen LogP contribution in [0.3, 0.4) is 0 Å². The number of hydrogen-bond donors (Lipinski definition) is 2. The van der Waals surface area contributed by atoms with E-state index >= 15 is 0 Å². The fourth-order valence-electron chi connectivity index (χ4n) is 5.63. The van der Waals surface area contributed by atoms with Crippen LogP contribution in [0.15, 0.2) is 18.2 Å². The highest BCUT2D eigenvalue weighted by atomic mass is 32.2. The summed E-state index contributed by atoms with van der Waals surface area (Å²) in [6.07, 6.45) is 3.63. The van der Waals surface area contributed by atoms with Crippen LogP contribution in [0.2, 0.25) is 0 Å². The molecule has 206 valence electrons. The minimum atomic E-state index is -3.36. The van der Waals surface area contributed by atoms with Gasteiger partial charge in [0.05, 0.1) is 33.5 Å². The van der Waals surface area contributed by atoms with Crippen LogP contribution in [0.4, 0.5) is 5.69 Å². The monoisotopic (exact) mass is 542 g/mol. The number of aryl methyl sites for hydroxylation is 1. The Kier molecular flexibility index (Phi) is 6.58. The molecule has 0 bridgehead atoms. The first kappa shape index (κ1) is 26.7. The third-order valence-corrected chi connectivity index (χ3v) is 10.3. The predicted molar refractivity (Wildman–Crippen MR) is 146 cm³/mol. The Morgan fingerprint density at radius 3 is 2.58 bits per heavy atom. The Bertz CT molecular complexity index is 1390. The smallest absolute Gasteiger partial charge is 0.258 e. The first-order valence-electron chi connectivity index (χ1n) is 13.4. The van der Waals surface area contributed by atoms with Gasteiger partial charge in [0.2, 0.25) is 10.0 Å². The fourth-order valence-corrected chi connectivity index (χ4v) is 6.97. The zero-order chi connectivity index (χ0) is 27.6. The molecule has 0 radical (unpaired) electrons. The Balaban J connectivity index is 1.47. The van der Waals surface area contributed by atoms with Crippen molar-refractivity contribution >= 4 is 27.5 Å². The first-order chi connectivity index (χ1) is 17.8. The van der Waals surface area contributed by atoms with Crippen molar-refractivity contribution in [2.75, 3.05) is 25.0 Å². The summed E-state index contributed by atoms with van der Waals surface area (Å²) in [6, 6.07) is 5.11. The second-order valence-electron chi connectivity index (χ2n) is 11.8. The van der Waals surface area contributed by atoms with Gasteiger partial charge < -0.3 is 16.0 Å². The number of carbonyl (C=O) groups excluding carboxylic acids is 2. The maximum atomic E-state index is 13.6. The van der Waals surface area contributed by atoms with E-state index in [1.165, 1.54) is 17.1 Å². The van der Waals surface area contributed by atoms with Crippen LogP contribution in [0, 0.1) is 12.8 Å². The van der Waals surface area contributed by atoms with Crippen molar-refractivity contribution < 1.29 is 18.0 Å². The van der Waals surface area contributed by atoms with E-state index in [0.717, 1.165) is 12.2 Å². The summed E-state index contributed by atoms with van der Waals surface area (Å²) in [5.41, 5.74) is 9.10. The van der Waals surface area contributed by atoms with Crippen molar-refractivity contribution in [2.24, 2.45) is 11.7 Å². The van der Waals surface area contributed by atoms with E-state index in [-0.39, 0.29) is 17.5 Å². The van der Waals surface area contributed by atoms with Gasteiger partial charge in [0.25, 0.3) is 11.8 Å². The number of amides is 2. The lowest BCUT2D eigenvalue weighted by Crippen LogP contribution is -2.53. The van der Waals surface area contributed by atoms with E-state index in [1.54, 1.807) is 30.7 Å². The topological polar surface area (TPSA) is 131 Å². The molecule has 3 heterocycles. The highest BCUT2D eigenvalue weighted by Crippen LogP contribution is 2.38. The highest BCUT2D eigenvalue weighted by molar-refractivity contribution is 7.89. The van der Waals surface area contributed by atoms with Gasteiger partial charge >= 0.3 is 0 Å². The maximum Gasteiger partial charge on any atom is 0.258 e. The minimum absolute atomic E-state index is 0.0245. The normalized spacial score (nSPS) is 21.7. The number of nitrogens with one attached hydrogen (secondary N) is 1. The van der Waals surface area contributed by atoms with E-state index in [1.807, 2.05) is 17.9 Å². The molecule has 11 heteroatoms. The Labute approximate surface area is 224 Å². The van der Waals surface area contributed by atoms with Gasteiger partial charge in [-0.05, 0) is 78.0 Å². The maximum absolute atomic E-state index is 13.6. The summed E-state index contributed by atoms with van der Waals surface area (Å²) in [6.45, 7) is 10.9. The molecule has 10 nitrogen and oxygen atoms in total. The number of primary amides is 1. The van der Waals surface area contributed by atoms with Crippen LogP contribution < -0.4 is 11.1 Å². The molecule has 2 aliphatic heterocycles. The molecule has 38 heavy (non-hydrogen) atoms. The molecule has 0 spiro atoms. The molecule has 2 fully saturated rings. The lowest BCUT2D eigenvalue weighted by Gasteiger charge is -2.42. The SMILES string of the molecule is Cc1nn(-c2ccc(C(N)=O)c(NC3CCN(S(=O)(=O)C(C)C)C3)c2)c2c1C(=O)N(CC1CC1)C(C)(C)C2. The lowest BCUT2D eigenvalue weighted by molar-refractivity contribution is 0.0487. The minimum Gasteiger partial charge on any atom is -0.380 e. The van der Waals surface area contributed by atoms with Crippen molar-refractivity contribution in [1.29, 1.82) is 0 Å². The van der Waals surface area contributed by atoms with E-state index in [0.29, 0.717) is 60.0 Å². The summed E-state index contributed by atoms with van der Waals surface area (Å²) in [4.78, 5) is 27.9. The summed E-state index contributed by atoms with van der Waals surface area (Å²) in [5.74, 6) is 0.0398. The van der Waals surface area contributed by atoms with Crippen LogP contribution in [0.25, 0.3) is 5.69 Å². The van der Waals surface area contributed by atoms with Crippen LogP contribution in [-0.2, 0) is 16.4 Å². The zero-order valence-corrected chi connectivity index (χ0v) is 23.6.